The molecule has 0 aromatic carbocycles. The third kappa shape index (κ3) is 13.3. The number of carbonyl (C=O) groups is 2. The van der Waals surface area contributed by atoms with Gasteiger partial charge in [0.2, 0.25) is 5.91 Å². The Morgan fingerprint density at radius 1 is 0.786 bits per heavy atom. The van der Waals surface area contributed by atoms with Crippen LogP contribution in [-0.4, -0.2) is 17.7 Å². The molecule has 3 nitrogen and oxygen atoms in total. The number of nitrogens with one attached hydrogen (secondary N) is 1. The van der Waals surface area contributed by atoms with E-state index in [1.807, 2.05) is 0 Å². The molecule has 0 heterocycles. The minimum atomic E-state index is 0.198. The maximum atomic E-state index is 12.2. The van der Waals surface area contributed by atoms with Gasteiger partial charge < -0.3 is 10.1 Å². The molecular formula is C25H47NO2. The van der Waals surface area contributed by atoms with Crippen LogP contribution in [0.3, 0.4) is 0 Å². The molecule has 0 aromatic rings. The first-order chi connectivity index (χ1) is 13.6. The molecule has 0 aliphatic heterocycles. The van der Waals surface area contributed by atoms with E-state index < -0.39 is 0 Å². The van der Waals surface area contributed by atoms with Crippen molar-refractivity contribution in [2.75, 3.05) is 0 Å². The maximum absolute atomic E-state index is 12.2. The van der Waals surface area contributed by atoms with Crippen LogP contribution in [0.1, 0.15) is 136 Å². The molecule has 3 heteroatoms. The van der Waals surface area contributed by atoms with Gasteiger partial charge in [0.05, 0.1) is 0 Å². The molecule has 0 aromatic heterocycles. The van der Waals surface area contributed by atoms with Crippen molar-refractivity contribution < 1.29 is 9.59 Å². The summed E-state index contributed by atoms with van der Waals surface area (Å²) in [6.45, 7) is 3.92. The minimum Gasteiger partial charge on any atom is -0.353 e. The normalized spacial score (nSPS) is 15.2. The molecule has 1 atom stereocenters. The number of unbranched alkanes of at least 4 members (excludes halogenated alkanes) is 12. The van der Waals surface area contributed by atoms with Gasteiger partial charge in [-0.05, 0) is 38.5 Å². The Morgan fingerprint density at radius 3 is 1.71 bits per heavy atom. The zero-order chi connectivity index (χ0) is 20.5. The Labute approximate surface area is 174 Å². The number of hydrogen-bond donors (Lipinski definition) is 1. The number of Topliss-reactive ketones (excluding diaryl/α,β-unsaturated/α-hetero) is 1. The third-order valence-corrected chi connectivity index (χ3v) is 6.38. The van der Waals surface area contributed by atoms with Crippen molar-refractivity contribution in [3.8, 4) is 0 Å². The monoisotopic (exact) mass is 393 g/mol. The first kappa shape index (κ1) is 25.2. The van der Waals surface area contributed by atoms with Crippen LogP contribution in [-0.2, 0) is 9.59 Å². The lowest BCUT2D eigenvalue weighted by Crippen LogP contribution is -2.43. The van der Waals surface area contributed by atoms with Crippen LogP contribution in [0, 0.1) is 5.92 Å². The third-order valence-electron chi connectivity index (χ3n) is 6.38. The van der Waals surface area contributed by atoms with Gasteiger partial charge in [0.1, 0.15) is 5.78 Å². The fourth-order valence-corrected chi connectivity index (χ4v) is 4.21. The van der Waals surface area contributed by atoms with Gasteiger partial charge in [0.15, 0.2) is 0 Å². The summed E-state index contributed by atoms with van der Waals surface area (Å²) in [5.74, 6) is 1.04. The van der Waals surface area contributed by atoms with Crippen LogP contribution in [0.2, 0.25) is 0 Å². The van der Waals surface area contributed by atoms with E-state index in [4.69, 9.17) is 0 Å². The van der Waals surface area contributed by atoms with Crippen molar-refractivity contribution in [1.29, 1.82) is 0 Å². The van der Waals surface area contributed by atoms with Gasteiger partial charge in [-0.3, -0.25) is 4.79 Å². The lowest BCUT2D eigenvalue weighted by atomic mass is 9.78. The average molecular weight is 394 g/mol. The molecule has 1 aliphatic carbocycles. The highest BCUT2D eigenvalue weighted by Crippen LogP contribution is 2.31. The maximum Gasteiger partial charge on any atom is 0.220 e. The summed E-state index contributed by atoms with van der Waals surface area (Å²) in [6, 6.07) is 0.229. The highest BCUT2D eigenvalue weighted by molar-refractivity contribution is 5.77. The van der Waals surface area contributed by atoms with Crippen molar-refractivity contribution in [2.24, 2.45) is 5.92 Å². The molecular weight excluding hydrogens is 346 g/mol. The molecule has 1 N–H and O–H groups in total. The lowest BCUT2D eigenvalue weighted by Gasteiger charge is -2.34. The van der Waals surface area contributed by atoms with Crippen molar-refractivity contribution in [3.05, 3.63) is 0 Å². The Bertz CT molecular complexity index is 403. The molecule has 1 rings (SSSR count). The highest BCUT2D eigenvalue weighted by Gasteiger charge is 2.28. The minimum absolute atomic E-state index is 0.198. The van der Waals surface area contributed by atoms with Crippen LogP contribution in [0.4, 0.5) is 0 Å². The first-order valence-corrected chi connectivity index (χ1v) is 12.4. The second-order valence-corrected chi connectivity index (χ2v) is 9.10. The molecule has 0 bridgehead atoms. The summed E-state index contributed by atoms with van der Waals surface area (Å²) in [4.78, 5) is 23.5. The lowest BCUT2D eigenvalue weighted by molar-refractivity contribution is -0.123. The molecule has 0 unspecified atom stereocenters. The second-order valence-electron chi connectivity index (χ2n) is 9.10. The summed E-state index contributed by atoms with van der Waals surface area (Å²) in [6.07, 6.45) is 23.1. The molecule has 1 amide bonds. The van der Waals surface area contributed by atoms with Gasteiger partial charge >= 0.3 is 0 Å². The molecule has 0 saturated heterocycles. The van der Waals surface area contributed by atoms with Gasteiger partial charge in [-0.1, -0.05) is 90.4 Å². The predicted octanol–water partition coefficient (Wildman–Crippen LogP) is 7.12. The Hall–Kier alpha value is -0.860. The van der Waals surface area contributed by atoms with Crippen LogP contribution < -0.4 is 5.32 Å². The first-order valence-electron chi connectivity index (χ1n) is 12.4. The van der Waals surface area contributed by atoms with E-state index in [9.17, 15) is 9.59 Å². The smallest absolute Gasteiger partial charge is 0.220 e. The van der Waals surface area contributed by atoms with Crippen LogP contribution in [0.15, 0.2) is 0 Å². The van der Waals surface area contributed by atoms with E-state index in [1.54, 1.807) is 6.92 Å². The molecule has 0 spiro atoms. The van der Waals surface area contributed by atoms with Gasteiger partial charge in [-0.2, -0.15) is 0 Å². The van der Waals surface area contributed by atoms with Crippen molar-refractivity contribution in [1.82, 2.24) is 5.32 Å². The van der Waals surface area contributed by atoms with Crippen LogP contribution in [0.25, 0.3) is 0 Å². The van der Waals surface area contributed by atoms with Gasteiger partial charge in [-0.15, -0.1) is 0 Å². The molecule has 164 valence electrons. The Kier molecular flexibility index (Phi) is 15.3. The number of hydrogen-bond acceptors (Lipinski definition) is 2. The number of ketones is 1. The Balaban J connectivity index is 1.93. The van der Waals surface area contributed by atoms with E-state index in [0.29, 0.717) is 18.8 Å². The quantitative estimate of drug-likeness (QED) is 0.237. The molecule has 1 aliphatic rings. The van der Waals surface area contributed by atoms with Gasteiger partial charge in [0.25, 0.3) is 0 Å². The highest BCUT2D eigenvalue weighted by atomic mass is 16.1. The van der Waals surface area contributed by atoms with Crippen LogP contribution >= 0.6 is 0 Å². The van der Waals surface area contributed by atoms with Crippen molar-refractivity contribution >= 4 is 11.7 Å². The summed E-state index contributed by atoms with van der Waals surface area (Å²) in [7, 11) is 0. The van der Waals surface area contributed by atoms with E-state index in [-0.39, 0.29) is 17.7 Å². The second kappa shape index (κ2) is 17.0. The zero-order valence-electron chi connectivity index (χ0n) is 18.9. The zero-order valence-corrected chi connectivity index (χ0v) is 18.9. The van der Waals surface area contributed by atoms with Crippen LogP contribution in [0.5, 0.6) is 0 Å². The number of carbonyl (C=O) groups excluding carboxylic acids is 2. The van der Waals surface area contributed by atoms with E-state index in [0.717, 1.165) is 12.8 Å². The molecule has 1 fully saturated rings. The largest absolute Gasteiger partial charge is 0.353 e. The summed E-state index contributed by atoms with van der Waals surface area (Å²) < 4.78 is 0. The van der Waals surface area contributed by atoms with E-state index >= 15 is 0 Å². The Morgan fingerprint density at radius 2 is 1.29 bits per heavy atom. The van der Waals surface area contributed by atoms with Gasteiger partial charge in [0, 0.05) is 18.9 Å². The standard InChI is InChI=1S/C25H47NO2/c1-3-4-5-6-7-8-9-10-11-12-13-14-15-19-25(28)26-24(21-20-22(2)27)23-17-16-18-23/h23-24H,3-21H2,1-2H3,(H,26,28)/t24-/m1/s1. The van der Waals surface area contributed by atoms with Gasteiger partial charge in [-0.25, -0.2) is 0 Å². The topological polar surface area (TPSA) is 46.2 Å². The summed E-state index contributed by atoms with van der Waals surface area (Å²) in [5, 5.41) is 3.23. The van der Waals surface area contributed by atoms with Crippen molar-refractivity contribution in [2.45, 2.75) is 142 Å². The number of rotatable bonds is 19. The molecule has 0 radical (unpaired) electrons. The number of amides is 1. The van der Waals surface area contributed by atoms with Crippen molar-refractivity contribution in [3.63, 3.8) is 0 Å². The molecule has 28 heavy (non-hydrogen) atoms. The van der Waals surface area contributed by atoms with E-state index in [1.165, 1.54) is 96.3 Å². The SMILES string of the molecule is CCCCCCCCCCCCCCCC(=O)N[C@H](CCC(C)=O)C1CCC1. The molecule has 1 saturated carbocycles. The predicted molar refractivity (Wildman–Crippen MR) is 119 cm³/mol. The average Bonchev–Trinajstić information content (AvgIpc) is 2.62. The fourth-order valence-electron chi connectivity index (χ4n) is 4.21. The van der Waals surface area contributed by atoms with E-state index in [2.05, 4.69) is 12.2 Å². The summed E-state index contributed by atoms with van der Waals surface area (Å²) >= 11 is 0. The fraction of sp³-hybridized carbons (Fsp3) is 0.920. The summed E-state index contributed by atoms with van der Waals surface area (Å²) in [5.41, 5.74) is 0.